The summed E-state index contributed by atoms with van der Waals surface area (Å²) in [4.78, 5) is 11.0. The van der Waals surface area contributed by atoms with Crippen LogP contribution in [0.4, 0.5) is 0 Å². The first-order chi connectivity index (χ1) is 7.97. The fourth-order valence-electron chi connectivity index (χ4n) is 1.85. The summed E-state index contributed by atoms with van der Waals surface area (Å²) < 4.78 is 0. The monoisotopic (exact) mass is 230 g/mol. The number of hydrogen-bond donors (Lipinski definition) is 1. The summed E-state index contributed by atoms with van der Waals surface area (Å²) >= 11 is 0. The van der Waals surface area contributed by atoms with Crippen molar-refractivity contribution in [2.24, 2.45) is 5.10 Å². The molecule has 0 spiro atoms. The van der Waals surface area contributed by atoms with Crippen LogP contribution < -0.4 is 5.43 Å². The van der Waals surface area contributed by atoms with E-state index in [0.29, 0.717) is 6.42 Å². The van der Waals surface area contributed by atoms with Crippen molar-refractivity contribution < 1.29 is 4.79 Å². The van der Waals surface area contributed by atoms with Gasteiger partial charge < -0.3 is 0 Å². The minimum absolute atomic E-state index is 0.0000571. The van der Waals surface area contributed by atoms with Gasteiger partial charge in [0.05, 0.1) is 5.71 Å². The molecule has 0 atom stereocenters. The van der Waals surface area contributed by atoms with Crippen LogP contribution in [0.2, 0.25) is 0 Å². The van der Waals surface area contributed by atoms with Crippen molar-refractivity contribution in [1.29, 1.82) is 0 Å². The largest absolute Gasteiger partial charge is 0.273 e. The van der Waals surface area contributed by atoms with E-state index in [1.54, 1.807) is 0 Å². The summed E-state index contributed by atoms with van der Waals surface area (Å²) in [6.45, 7) is 6.58. The maximum Gasteiger partial charge on any atom is 0.240 e. The minimum Gasteiger partial charge on any atom is -0.273 e. The molecule has 1 aliphatic heterocycles. The molecule has 0 radical (unpaired) electrons. The van der Waals surface area contributed by atoms with Gasteiger partial charge in [0.15, 0.2) is 0 Å². The normalized spacial score (nSPS) is 16.4. The molecule has 3 heteroatoms. The summed E-state index contributed by atoms with van der Waals surface area (Å²) in [6, 6.07) is 8.43. The van der Waals surface area contributed by atoms with Gasteiger partial charge in [-0.05, 0) is 16.5 Å². The molecule has 0 unspecified atom stereocenters. The van der Waals surface area contributed by atoms with E-state index < -0.39 is 0 Å². The van der Waals surface area contributed by atoms with Gasteiger partial charge in [-0.15, -0.1) is 0 Å². The van der Waals surface area contributed by atoms with E-state index in [1.165, 1.54) is 5.56 Å². The van der Waals surface area contributed by atoms with E-state index in [2.05, 4.69) is 55.6 Å². The average molecular weight is 230 g/mol. The Morgan fingerprint density at radius 3 is 2.24 bits per heavy atom. The predicted molar refractivity (Wildman–Crippen MR) is 69.1 cm³/mol. The Morgan fingerprint density at radius 2 is 1.76 bits per heavy atom. The van der Waals surface area contributed by atoms with Crippen molar-refractivity contribution >= 4 is 11.6 Å². The molecule has 0 bridgehead atoms. The Kier molecular flexibility index (Phi) is 3.01. The molecule has 1 aromatic carbocycles. The second-order valence-corrected chi connectivity index (χ2v) is 5.42. The van der Waals surface area contributed by atoms with Crippen molar-refractivity contribution in [2.45, 2.75) is 39.0 Å². The van der Waals surface area contributed by atoms with Gasteiger partial charge in [-0.2, -0.15) is 5.10 Å². The molecule has 17 heavy (non-hydrogen) atoms. The van der Waals surface area contributed by atoms with Crippen LogP contribution in [0.5, 0.6) is 0 Å². The van der Waals surface area contributed by atoms with Gasteiger partial charge in [0, 0.05) is 12.8 Å². The van der Waals surface area contributed by atoms with Crippen molar-refractivity contribution in [1.82, 2.24) is 5.43 Å². The van der Waals surface area contributed by atoms with Crippen LogP contribution in [0.25, 0.3) is 0 Å². The smallest absolute Gasteiger partial charge is 0.240 e. The lowest BCUT2D eigenvalue weighted by Crippen LogP contribution is -2.25. The molecule has 0 saturated heterocycles. The zero-order valence-corrected chi connectivity index (χ0v) is 10.6. The Balaban J connectivity index is 2.21. The first-order valence-electron chi connectivity index (χ1n) is 5.93. The Morgan fingerprint density at radius 1 is 1.12 bits per heavy atom. The van der Waals surface area contributed by atoms with E-state index in [0.717, 1.165) is 17.7 Å². The summed E-state index contributed by atoms with van der Waals surface area (Å²) in [5.41, 5.74) is 6.06. The highest BCUT2D eigenvalue weighted by molar-refractivity contribution is 6.04. The molecule has 1 aliphatic rings. The number of rotatable bonds is 1. The molecule has 2 rings (SSSR count). The lowest BCUT2D eigenvalue weighted by molar-refractivity contribution is -0.121. The summed E-state index contributed by atoms with van der Waals surface area (Å²) in [5.74, 6) is 0.0000571. The predicted octanol–water partition coefficient (Wildman–Crippen LogP) is 2.60. The molecule has 1 N–H and O–H groups in total. The van der Waals surface area contributed by atoms with E-state index in [-0.39, 0.29) is 11.3 Å². The number of hydrazone groups is 1. The fourth-order valence-corrected chi connectivity index (χ4v) is 1.85. The zero-order chi connectivity index (χ0) is 12.5. The van der Waals surface area contributed by atoms with E-state index in [4.69, 9.17) is 0 Å². The molecule has 3 nitrogen and oxygen atoms in total. The van der Waals surface area contributed by atoms with E-state index >= 15 is 0 Å². The first kappa shape index (κ1) is 11.8. The minimum atomic E-state index is 0.0000571. The molecule has 0 fully saturated rings. The van der Waals surface area contributed by atoms with Crippen LogP contribution in [0, 0.1) is 0 Å². The Hall–Kier alpha value is -1.64. The first-order valence-corrected chi connectivity index (χ1v) is 5.93. The van der Waals surface area contributed by atoms with Crippen LogP contribution in [-0.4, -0.2) is 11.6 Å². The number of hydrogen-bond acceptors (Lipinski definition) is 2. The summed E-state index contributed by atoms with van der Waals surface area (Å²) in [6.07, 6.45) is 1.25. The number of nitrogens with zero attached hydrogens (tertiary/aromatic N) is 1. The van der Waals surface area contributed by atoms with Crippen molar-refractivity contribution in [3.63, 3.8) is 0 Å². The number of nitrogens with one attached hydrogen (secondary N) is 1. The van der Waals surface area contributed by atoms with Crippen LogP contribution in [0.1, 0.15) is 44.7 Å². The van der Waals surface area contributed by atoms with Gasteiger partial charge in [-0.25, -0.2) is 5.43 Å². The topological polar surface area (TPSA) is 41.5 Å². The maximum absolute atomic E-state index is 11.0. The van der Waals surface area contributed by atoms with Gasteiger partial charge in [0.2, 0.25) is 5.91 Å². The third-order valence-electron chi connectivity index (χ3n) is 2.99. The molecule has 90 valence electrons. The van der Waals surface area contributed by atoms with Crippen LogP contribution >= 0.6 is 0 Å². The Labute approximate surface area is 102 Å². The van der Waals surface area contributed by atoms with Gasteiger partial charge >= 0.3 is 0 Å². The quantitative estimate of drug-likeness (QED) is 0.791. The average Bonchev–Trinajstić information content (AvgIpc) is 2.29. The lowest BCUT2D eigenvalue weighted by Gasteiger charge is -2.19. The molecule has 1 heterocycles. The highest BCUT2D eigenvalue weighted by Crippen LogP contribution is 2.22. The molecule has 0 saturated carbocycles. The molecule has 0 aliphatic carbocycles. The standard InChI is InChI=1S/C14H18N2O/c1-14(2,3)11-6-4-10(5-7-11)12-8-9-13(17)16-15-12/h4-7H,8-9H2,1-3H3,(H,16,17). The SMILES string of the molecule is CC(C)(C)c1ccc(C2=NNC(=O)CC2)cc1. The zero-order valence-electron chi connectivity index (χ0n) is 10.6. The van der Waals surface area contributed by atoms with Gasteiger partial charge in [-0.3, -0.25) is 4.79 Å². The molecular formula is C14H18N2O. The fraction of sp³-hybridized carbons (Fsp3) is 0.429. The number of benzene rings is 1. The second kappa shape index (κ2) is 4.32. The highest BCUT2D eigenvalue weighted by Gasteiger charge is 2.16. The molecule has 0 aromatic heterocycles. The van der Waals surface area contributed by atoms with E-state index in [1.807, 2.05) is 0 Å². The van der Waals surface area contributed by atoms with Crippen LogP contribution in [-0.2, 0) is 10.2 Å². The number of carbonyl (C=O) groups excluding carboxylic acids is 1. The molecule has 1 aromatic rings. The second-order valence-electron chi connectivity index (χ2n) is 5.42. The molecular weight excluding hydrogens is 212 g/mol. The van der Waals surface area contributed by atoms with Crippen LogP contribution in [0.3, 0.4) is 0 Å². The third-order valence-corrected chi connectivity index (χ3v) is 2.99. The number of carbonyl (C=O) groups is 1. The summed E-state index contributed by atoms with van der Waals surface area (Å²) in [5, 5.41) is 4.09. The van der Waals surface area contributed by atoms with Crippen LogP contribution in [0.15, 0.2) is 29.4 Å². The van der Waals surface area contributed by atoms with Gasteiger partial charge in [0.25, 0.3) is 0 Å². The Bertz CT molecular complexity index is 452. The lowest BCUT2D eigenvalue weighted by atomic mass is 9.86. The molecule has 1 amide bonds. The van der Waals surface area contributed by atoms with Crippen molar-refractivity contribution in [2.75, 3.05) is 0 Å². The van der Waals surface area contributed by atoms with E-state index in [9.17, 15) is 4.79 Å². The third kappa shape index (κ3) is 2.73. The van der Waals surface area contributed by atoms with Crippen molar-refractivity contribution in [3.05, 3.63) is 35.4 Å². The number of amides is 1. The maximum atomic E-state index is 11.0. The summed E-state index contributed by atoms with van der Waals surface area (Å²) in [7, 11) is 0. The van der Waals surface area contributed by atoms with Crippen molar-refractivity contribution in [3.8, 4) is 0 Å². The van der Waals surface area contributed by atoms with Gasteiger partial charge in [-0.1, -0.05) is 45.0 Å². The van der Waals surface area contributed by atoms with Gasteiger partial charge in [0.1, 0.15) is 0 Å². The highest BCUT2D eigenvalue weighted by atomic mass is 16.2.